The Hall–Kier alpha value is -2.49. The lowest BCUT2D eigenvalue weighted by atomic mass is 10.1. The topological polar surface area (TPSA) is 49.8 Å². The van der Waals surface area contributed by atoms with Crippen LogP contribution in [0.15, 0.2) is 48.5 Å². The fourth-order valence-electron chi connectivity index (χ4n) is 2.03. The molecule has 2 rings (SSSR count). The summed E-state index contributed by atoms with van der Waals surface area (Å²) in [5.74, 6) is 1.04. The maximum absolute atomic E-state index is 12.2. The van der Waals surface area contributed by atoms with E-state index in [0.29, 0.717) is 12.8 Å². The molecule has 0 radical (unpaired) electrons. The third-order valence-electron chi connectivity index (χ3n) is 3.40. The summed E-state index contributed by atoms with van der Waals surface area (Å²) in [4.78, 5) is 13.8. The van der Waals surface area contributed by atoms with Gasteiger partial charge in [0.2, 0.25) is 5.91 Å². The van der Waals surface area contributed by atoms with Gasteiger partial charge in [0.05, 0.1) is 7.11 Å². The van der Waals surface area contributed by atoms with E-state index in [1.807, 2.05) is 24.3 Å². The minimum absolute atomic E-state index is 0.0384. The molecule has 0 aliphatic heterocycles. The Balaban J connectivity index is 1.92. The van der Waals surface area contributed by atoms with E-state index >= 15 is 0 Å². The summed E-state index contributed by atoms with van der Waals surface area (Å²) in [5, 5.41) is 9.26. The van der Waals surface area contributed by atoms with Crippen molar-refractivity contribution >= 4 is 11.6 Å². The minimum atomic E-state index is 0.0384. The molecular weight excluding hydrogens is 266 g/mol. The van der Waals surface area contributed by atoms with Crippen LogP contribution in [0, 0.1) is 0 Å². The number of hydrogen-bond donors (Lipinski definition) is 1. The van der Waals surface area contributed by atoms with Crippen LogP contribution in [0.5, 0.6) is 11.5 Å². The second-order valence-electron chi connectivity index (χ2n) is 4.82. The molecule has 0 aliphatic carbocycles. The Kier molecular flexibility index (Phi) is 4.82. The van der Waals surface area contributed by atoms with Crippen LogP contribution in [0.4, 0.5) is 5.69 Å². The van der Waals surface area contributed by atoms with Crippen molar-refractivity contribution in [1.82, 2.24) is 0 Å². The number of rotatable bonds is 5. The highest BCUT2D eigenvalue weighted by atomic mass is 16.5. The maximum atomic E-state index is 12.2. The number of hydrogen-bond acceptors (Lipinski definition) is 3. The zero-order valence-corrected chi connectivity index (χ0v) is 12.2. The number of ether oxygens (including phenoxy) is 1. The summed E-state index contributed by atoms with van der Waals surface area (Å²) >= 11 is 0. The van der Waals surface area contributed by atoms with Crippen LogP contribution in [-0.2, 0) is 11.2 Å². The molecule has 0 unspecified atom stereocenters. The van der Waals surface area contributed by atoms with Gasteiger partial charge < -0.3 is 14.7 Å². The molecule has 0 saturated heterocycles. The Labute approximate surface area is 124 Å². The third kappa shape index (κ3) is 3.99. The van der Waals surface area contributed by atoms with Crippen molar-refractivity contribution in [3.8, 4) is 11.5 Å². The van der Waals surface area contributed by atoms with E-state index in [9.17, 15) is 9.90 Å². The number of aryl methyl sites for hydroxylation is 1. The number of anilines is 1. The average molecular weight is 285 g/mol. The normalized spacial score (nSPS) is 10.2. The number of aromatic hydroxyl groups is 1. The van der Waals surface area contributed by atoms with Crippen molar-refractivity contribution in [2.75, 3.05) is 19.1 Å². The number of amides is 1. The van der Waals surface area contributed by atoms with Crippen LogP contribution in [0.25, 0.3) is 0 Å². The van der Waals surface area contributed by atoms with Gasteiger partial charge in [0.25, 0.3) is 0 Å². The van der Waals surface area contributed by atoms with E-state index in [2.05, 4.69) is 0 Å². The molecular formula is C17H19NO3. The van der Waals surface area contributed by atoms with E-state index in [1.54, 1.807) is 43.3 Å². The number of carbonyl (C=O) groups is 1. The molecule has 0 aliphatic rings. The van der Waals surface area contributed by atoms with Crippen molar-refractivity contribution < 1.29 is 14.6 Å². The highest BCUT2D eigenvalue weighted by Gasteiger charge is 2.10. The van der Waals surface area contributed by atoms with Gasteiger partial charge in [-0.1, -0.05) is 12.1 Å². The summed E-state index contributed by atoms with van der Waals surface area (Å²) in [6, 6.07) is 14.3. The highest BCUT2D eigenvalue weighted by molar-refractivity contribution is 5.92. The molecule has 2 aromatic carbocycles. The highest BCUT2D eigenvalue weighted by Crippen LogP contribution is 2.18. The molecule has 0 heterocycles. The molecule has 0 fully saturated rings. The summed E-state index contributed by atoms with van der Waals surface area (Å²) in [7, 11) is 3.37. The first kappa shape index (κ1) is 14.9. The number of phenolic OH excluding ortho intramolecular Hbond substituents is 1. The predicted octanol–water partition coefficient (Wildman–Crippen LogP) is 3.00. The van der Waals surface area contributed by atoms with Crippen LogP contribution in [-0.4, -0.2) is 25.2 Å². The van der Waals surface area contributed by atoms with E-state index in [4.69, 9.17) is 4.74 Å². The fourth-order valence-corrected chi connectivity index (χ4v) is 2.03. The molecule has 4 heteroatoms. The minimum Gasteiger partial charge on any atom is -0.508 e. The number of benzene rings is 2. The van der Waals surface area contributed by atoms with Crippen LogP contribution < -0.4 is 9.64 Å². The fraction of sp³-hybridized carbons (Fsp3) is 0.235. The first-order valence-electron chi connectivity index (χ1n) is 6.78. The first-order chi connectivity index (χ1) is 10.1. The third-order valence-corrected chi connectivity index (χ3v) is 3.40. The van der Waals surface area contributed by atoms with Gasteiger partial charge in [-0.2, -0.15) is 0 Å². The van der Waals surface area contributed by atoms with Gasteiger partial charge in [-0.15, -0.1) is 0 Å². The van der Waals surface area contributed by atoms with Gasteiger partial charge in [-0.3, -0.25) is 4.79 Å². The number of carbonyl (C=O) groups excluding carboxylic acids is 1. The number of nitrogens with zero attached hydrogens (tertiary/aromatic N) is 1. The molecule has 0 saturated carbocycles. The Morgan fingerprint density at radius 2 is 1.71 bits per heavy atom. The molecule has 1 N–H and O–H groups in total. The second-order valence-corrected chi connectivity index (χ2v) is 4.82. The van der Waals surface area contributed by atoms with Crippen LogP contribution in [0.3, 0.4) is 0 Å². The second kappa shape index (κ2) is 6.79. The van der Waals surface area contributed by atoms with Gasteiger partial charge in [0.1, 0.15) is 11.5 Å². The summed E-state index contributed by atoms with van der Waals surface area (Å²) in [5.41, 5.74) is 1.87. The van der Waals surface area contributed by atoms with E-state index in [-0.39, 0.29) is 11.7 Å². The molecule has 21 heavy (non-hydrogen) atoms. The lowest BCUT2D eigenvalue weighted by Gasteiger charge is -2.17. The van der Waals surface area contributed by atoms with Gasteiger partial charge in [-0.25, -0.2) is 0 Å². The summed E-state index contributed by atoms with van der Waals surface area (Å²) in [6.07, 6.45) is 1.12. The van der Waals surface area contributed by atoms with Crippen LogP contribution in [0.2, 0.25) is 0 Å². The maximum Gasteiger partial charge on any atom is 0.227 e. The quantitative estimate of drug-likeness (QED) is 0.918. The Bertz CT molecular complexity index is 590. The molecule has 0 spiro atoms. The van der Waals surface area contributed by atoms with Crippen molar-refractivity contribution in [2.45, 2.75) is 12.8 Å². The first-order valence-corrected chi connectivity index (χ1v) is 6.78. The molecule has 1 amide bonds. The van der Waals surface area contributed by atoms with Crippen molar-refractivity contribution in [1.29, 1.82) is 0 Å². The molecule has 0 bridgehead atoms. The smallest absolute Gasteiger partial charge is 0.227 e. The SMILES string of the molecule is COc1ccc(CCC(=O)N(C)c2ccc(O)cc2)cc1. The Morgan fingerprint density at radius 3 is 2.29 bits per heavy atom. The standard InChI is InChI=1S/C17H19NO3/c1-18(14-6-8-15(19)9-7-14)17(20)12-5-13-3-10-16(21-2)11-4-13/h3-4,6-11,19H,5,12H2,1-2H3. The molecule has 2 aromatic rings. The zero-order chi connectivity index (χ0) is 15.2. The molecule has 0 aromatic heterocycles. The molecule has 4 nitrogen and oxygen atoms in total. The zero-order valence-electron chi connectivity index (χ0n) is 12.2. The van der Waals surface area contributed by atoms with E-state index in [1.165, 1.54) is 0 Å². The molecule has 0 atom stereocenters. The lowest BCUT2D eigenvalue weighted by Crippen LogP contribution is -2.26. The number of phenols is 1. The van der Waals surface area contributed by atoms with E-state index in [0.717, 1.165) is 17.0 Å². The van der Waals surface area contributed by atoms with Crippen molar-refractivity contribution in [3.63, 3.8) is 0 Å². The van der Waals surface area contributed by atoms with Crippen LogP contribution >= 0.6 is 0 Å². The molecule has 110 valence electrons. The largest absolute Gasteiger partial charge is 0.508 e. The number of methoxy groups -OCH3 is 1. The Morgan fingerprint density at radius 1 is 1.10 bits per heavy atom. The van der Waals surface area contributed by atoms with Crippen molar-refractivity contribution in [2.24, 2.45) is 0 Å². The average Bonchev–Trinajstić information content (AvgIpc) is 2.53. The van der Waals surface area contributed by atoms with Crippen molar-refractivity contribution in [3.05, 3.63) is 54.1 Å². The lowest BCUT2D eigenvalue weighted by molar-refractivity contribution is -0.118. The summed E-state index contributed by atoms with van der Waals surface area (Å²) in [6.45, 7) is 0. The van der Waals surface area contributed by atoms with Gasteiger partial charge in [0.15, 0.2) is 0 Å². The monoisotopic (exact) mass is 285 g/mol. The van der Waals surface area contributed by atoms with Gasteiger partial charge in [-0.05, 0) is 48.4 Å². The van der Waals surface area contributed by atoms with E-state index < -0.39 is 0 Å². The van der Waals surface area contributed by atoms with Crippen LogP contribution in [0.1, 0.15) is 12.0 Å². The van der Waals surface area contributed by atoms with Gasteiger partial charge in [0, 0.05) is 19.2 Å². The van der Waals surface area contributed by atoms with Gasteiger partial charge >= 0.3 is 0 Å². The summed E-state index contributed by atoms with van der Waals surface area (Å²) < 4.78 is 5.10. The predicted molar refractivity (Wildman–Crippen MR) is 82.8 cm³/mol.